The highest BCUT2D eigenvalue weighted by molar-refractivity contribution is 7.98. The quantitative estimate of drug-likeness (QED) is 0.0957. The van der Waals surface area contributed by atoms with Gasteiger partial charge in [0.25, 0.3) is 0 Å². The van der Waals surface area contributed by atoms with Gasteiger partial charge in [-0.15, -0.1) is 11.8 Å². The summed E-state index contributed by atoms with van der Waals surface area (Å²) in [6.45, 7) is 0.351. The minimum atomic E-state index is -0.564. The monoisotopic (exact) mass is 483 g/mol. The Morgan fingerprint density at radius 3 is 2.67 bits per heavy atom. The molecule has 0 aliphatic heterocycles. The van der Waals surface area contributed by atoms with Gasteiger partial charge in [-0.2, -0.15) is 4.89 Å². The second-order valence-corrected chi connectivity index (χ2v) is 8.65. The van der Waals surface area contributed by atoms with Gasteiger partial charge in [-0.1, -0.05) is 35.9 Å². The maximum atomic E-state index is 11.9. The zero-order valence-corrected chi connectivity index (χ0v) is 20.0. The Labute approximate surface area is 203 Å². The number of aromatic nitrogens is 1. The average molecular weight is 484 g/mol. The van der Waals surface area contributed by atoms with Crippen LogP contribution in [-0.4, -0.2) is 24.7 Å². The minimum Gasteiger partial charge on any atom is -0.497 e. The van der Waals surface area contributed by atoms with Crippen molar-refractivity contribution in [2.45, 2.75) is 29.9 Å². The summed E-state index contributed by atoms with van der Waals surface area (Å²) in [5.41, 5.74) is 2.82. The standard InChI is InChI=1S/C26H26ClNO4S/c1-30-24-14-11-20(12-15-24)6-2-3-17-31-32-26(29)16-13-22-8-5-9-23(28-22)19-33-25-10-4-7-21(27)18-25/h4-5,7-16,18H,2-3,6,17,19H2,1H3. The summed E-state index contributed by atoms with van der Waals surface area (Å²) in [6.07, 6.45) is 5.58. The van der Waals surface area contributed by atoms with Gasteiger partial charge < -0.3 is 4.74 Å². The Morgan fingerprint density at radius 2 is 1.88 bits per heavy atom. The number of rotatable bonds is 12. The van der Waals surface area contributed by atoms with E-state index in [2.05, 4.69) is 4.98 Å². The molecular weight excluding hydrogens is 458 g/mol. The van der Waals surface area contributed by atoms with Crippen molar-refractivity contribution < 1.29 is 19.3 Å². The molecule has 172 valence electrons. The molecule has 0 atom stereocenters. The maximum absolute atomic E-state index is 11.9. The van der Waals surface area contributed by atoms with Gasteiger partial charge in [-0.05, 0) is 73.4 Å². The first-order chi connectivity index (χ1) is 16.1. The summed E-state index contributed by atoms with van der Waals surface area (Å²) in [7, 11) is 1.65. The van der Waals surface area contributed by atoms with Gasteiger partial charge in [-0.25, -0.2) is 4.79 Å². The van der Waals surface area contributed by atoms with E-state index in [4.69, 9.17) is 26.1 Å². The lowest BCUT2D eigenvalue weighted by molar-refractivity contribution is -0.267. The highest BCUT2D eigenvalue weighted by Crippen LogP contribution is 2.24. The molecular formula is C26H26ClNO4S. The molecule has 5 nitrogen and oxygen atoms in total. The van der Waals surface area contributed by atoms with E-state index in [-0.39, 0.29) is 0 Å². The van der Waals surface area contributed by atoms with Crippen LogP contribution in [0.15, 0.2) is 77.7 Å². The number of thioether (sulfide) groups is 1. The summed E-state index contributed by atoms with van der Waals surface area (Å²) < 4.78 is 5.15. The third-order valence-electron chi connectivity index (χ3n) is 4.64. The van der Waals surface area contributed by atoms with Crippen LogP contribution in [0.25, 0.3) is 6.08 Å². The minimum absolute atomic E-state index is 0.351. The van der Waals surface area contributed by atoms with Gasteiger partial charge in [0.15, 0.2) is 0 Å². The van der Waals surface area contributed by atoms with Crippen molar-refractivity contribution in [1.29, 1.82) is 0 Å². The second-order valence-electron chi connectivity index (χ2n) is 7.16. The molecule has 7 heteroatoms. The van der Waals surface area contributed by atoms with Crippen LogP contribution < -0.4 is 4.74 Å². The Morgan fingerprint density at radius 1 is 1.06 bits per heavy atom. The van der Waals surface area contributed by atoms with Crippen LogP contribution >= 0.6 is 23.4 Å². The molecule has 0 bridgehead atoms. The zero-order chi connectivity index (χ0) is 23.3. The van der Waals surface area contributed by atoms with Crippen molar-refractivity contribution in [3.63, 3.8) is 0 Å². The van der Waals surface area contributed by atoms with Crippen molar-refractivity contribution in [1.82, 2.24) is 4.98 Å². The summed E-state index contributed by atoms with van der Waals surface area (Å²) in [5.74, 6) is 0.984. The molecule has 3 aromatic rings. The fourth-order valence-electron chi connectivity index (χ4n) is 2.95. The van der Waals surface area contributed by atoms with Crippen molar-refractivity contribution in [3.05, 3.63) is 94.8 Å². The normalized spacial score (nSPS) is 11.0. The van der Waals surface area contributed by atoms with Gasteiger partial charge in [0, 0.05) is 21.7 Å². The van der Waals surface area contributed by atoms with Crippen LogP contribution in [-0.2, 0) is 26.7 Å². The number of hydrogen-bond acceptors (Lipinski definition) is 6. The Bertz CT molecular complexity index is 1060. The van der Waals surface area contributed by atoms with Gasteiger partial charge in [0.1, 0.15) is 5.75 Å². The highest BCUT2D eigenvalue weighted by atomic mass is 35.5. The van der Waals surface area contributed by atoms with E-state index in [9.17, 15) is 4.79 Å². The smallest absolute Gasteiger partial charge is 0.366 e. The van der Waals surface area contributed by atoms with E-state index in [1.54, 1.807) is 24.9 Å². The summed E-state index contributed by atoms with van der Waals surface area (Å²) in [5, 5.41) is 0.711. The van der Waals surface area contributed by atoms with Crippen molar-refractivity contribution >= 4 is 35.4 Å². The number of aryl methyl sites for hydroxylation is 1. The highest BCUT2D eigenvalue weighted by Gasteiger charge is 2.02. The number of pyridine rings is 1. The third-order valence-corrected chi connectivity index (χ3v) is 5.91. The molecule has 0 aliphatic rings. The molecule has 3 rings (SSSR count). The average Bonchev–Trinajstić information content (AvgIpc) is 2.84. The molecule has 0 N–H and O–H groups in total. The van der Waals surface area contributed by atoms with Crippen molar-refractivity contribution in [2.75, 3.05) is 13.7 Å². The lowest BCUT2D eigenvalue weighted by Crippen LogP contribution is -2.03. The second kappa shape index (κ2) is 13.7. The number of nitrogens with zero attached hydrogens (tertiary/aromatic N) is 1. The van der Waals surface area contributed by atoms with Crippen LogP contribution in [0.4, 0.5) is 0 Å². The van der Waals surface area contributed by atoms with Crippen molar-refractivity contribution in [3.8, 4) is 5.75 Å². The SMILES string of the molecule is COc1ccc(CCCCOOC(=O)C=Cc2cccc(CSc3cccc(Cl)c3)n2)cc1. The third kappa shape index (κ3) is 9.30. The van der Waals surface area contributed by atoms with E-state index in [0.29, 0.717) is 23.1 Å². The fourth-order valence-corrected chi connectivity index (χ4v) is 4.06. The number of methoxy groups -OCH3 is 1. The zero-order valence-electron chi connectivity index (χ0n) is 18.4. The lowest BCUT2D eigenvalue weighted by atomic mass is 10.1. The number of halogens is 1. The topological polar surface area (TPSA) is 57.7 Å². The maximum Gasteiger partial charge on any atom is 0.366 e. The van der Waals surface area contributed by atoms with E-state index in [1.807, 2.05) is 66.7 Å². The molecule has 0 unspecified atom stereocenters. The molecule has 0 spiro atoms. The Balaban J connectivity index is 1.33. The van der Waals surface area contributed by atoms with E-state index < -0.39 is 5.97 Å². The number of benzene rings is 2. The predicted molar refractivity (Wildman–Crippen MR) is 132 cm³/mol. The summed E-state index contributed by atoms with van der Waals surface area (Å²) >= 11 is 7.67. The molecule has 2 aromatic carbocycles. The molecule has 1 aromatic heterocycles. The first-order valence-corrected chi connectivity index (χ1v) is 12.0. The van der Waals surface area contributed by atoms with Gasteiger partial charge in [0.05, 0.1) is 25.1 Å². The van der Waals surface area contributed by atoms with E-state index in [0.717, 1.165) is 35.6 Å². The Hall–Kier alpha value is -2.80. The largest absolute Gasteiger partial charge is 0.497 e. The van der Waals surface area contributed by atoms with Crippen LogP contribution in [0.5, 0.6) is 5.75 Å². The molecule has 0 aliphatic carbocycles. The number of carbonyl (C=O) groups is 1. The fraction of sp³-hybridized carbons (Fsp3) is 0.231. The molecule has 0 amide bonds. The predicted octanol–water partition coefficient (Wildman–Crippen LogP) is 6.55. The van der Waals surface area contributed by atoms with Crippen LogP contribution in [0, 0.1) is 0 Å². The number of hydrogen-bond donors (Lipinski definition) is 0. The number of carbonyl (C=O) groups excluding carboxylic acids is 1. The first kappa shape index (κ1) is 24.8. The van der Waals surface area contributed by atoms with Gasteiger partial charge in [0.2, 0.25) is 0 Å². The van der Waals surface area contributed by atoms with Crippen molar-refractivity contribution in [2.24, 2.45) is 0 Å². The molecule has 0 radical (unpaired) electrons. The summed E-state index contributed by atoms with van der Waals surface area (Å²) in [4.78, 5) is 27.3. The Kier molecular flexibility index (Phi) is 10.3. The lowest BCUT2D eigenvalue weighted by Gasteiger charge is -2.04. The van der Waals surface area contributed by atoms with Crippen LogP contribution in [0.2, 0.25) is 5.02 Å². The number of ether oxygens (including phenoxy) is 1. The van der Waals surface area contributed by atoms with E-state index >= 15 is 0 Å². The first-order valence-electron chi connectivity index (χ1n) is 10.6. The number of unbranched alkanes of at least 4 members (excludes halogenated alkanes) is 1. The van der Waals surface area contributed by atoms with Crippen LogP contribution in [0.1, 0.15) is 29.8 Å². The molecule has 1 heterocycles. The van der Waals surface area contributed by atoms with Crippen LogP contribution in [0.3, 0.4) is 0 Å². The molecule has 0 fully saturated rings. The molecule has 0 saturated carbocycles. The van der Waals surface area contributed by atoms with Gasteiger partial charge in [-0.3, -0.25) is 9.87 Å². The molecule has 0 saturated heterocycles. The van der Waals surface area contributed by atoms with Gasteiger partial charge >= 0.3 is 5.97 Å². The summed E-state index contributed by atoms with van der Waals surface area (Å²) in [6, 6.07) is 21.4. The molecule has 33 heavy (non-hydrogen) atoms. The van der Waals surface area contributed by atoms with E-state index in [1.165, 1.54) is 11.6 Å².